The summed E-state index contributed by atoms with van der Waals surface area (Å²) < 4.78 is 0. The van der Waals surface area contributed by atoms with Crippen molar-refractivity contribution in [1.29, 1.82) is 0 Å². The lowest BCUT2D eigenvalue weighted by Gasteiger charge is -2.06. The van der Waals surface area contributed by atoms with E-state index in [-0.39, 0.29) is 5.78 Å². The highest BCUT2D eigenvalue weighted by Gasteiger charge is 2.00. The molecule has 2 aromatic rings. The Balaban J connectivity index is 2.11. The zero-order valence-electron chi connectivity index (χ0n) is 12.4. The molecule has 2 heteroatoms. The Morgan fingerprint density at radius 1 is 1.00 bits per heavy atom. The van der Waals surface area contributed by atoms with Crippen molar-refractivity contribution in [2.24, 2.45) is 0 Å². The molecule has 20 heavy (non-hydrogen) atoms. The van der Waals surface area contributed by atoms with Gasteiger partial charge in [-0.05, 0) is 61.7 Å². The smallest absolute Gasteiger partial charge is 0.129 e. The Kier molecular flexibility index (Phi) is 5.31. The van der Waals surface area contributed by atoms with E-state index in [2.05, 4.69) is 41.7 Å². The zero-order chi connectivity index (χ0) is 14.4. The summed E-state index contributed by atoms with van der Waals surface area (Å²) in [6.45, 7) is 2.66. The summed E-state index contributed by atoms with van der Waals surface area (Å²) in [7, 11) is 1.98. The average molecular weight is 269 g/mol. The van der Waals surface area contributed by atoms with Crippen LogP contribution in [-0.2, 0) is 17.6 Å². The lowest BCUT2D eigenvalue weighted by atomic mass is 10.00. The molecule has 0 aliphatic heterocycles. The summed E-state index contributed by atoms with van der Waals surface area (Å²) in [5, 5.41) is 5.77. The van der Waals surface area contributed by atoms with Crippen LogP contribution in [0, 0.1) is 0 Å². The van der Waals surface area contributed by atoms with Gasteiger partial charge in [0.1, 0.15) is 5.78 Å². The number of carbonyl (C=O) groups excluding carboxylic acids is 1. The molecule has 0 fully saturated rings. The van der Waals surface area contributed by atoms with E-state index in [1.807, 2.05) is 7.05 Å². The topological polar surface area (TPSA) is 29.1 Å². The number of likely N-dealkylation sites (N-methyl/N-ethyl adjacent to an activating group) is 1. The summed E-state index contributed by atoms with van der Waals surface area (Å²) in [6, 6.07) is 13.3. The van der Waals surface area contributed by atoms with Gasteiger partial charge >= 0.3 is 0 Å². The molecule has 106 valence electrons. The average Bonchev–Trinajstić information content (AvgIpc) is 2.44. The van der Waals surface area contributed by atoms with Crippen molar-refractivity contribution in [1.82, 2.24) is 5.32 Å². The molecule has 0 aliphatic carbocycles. The Hall–Kier alpha value is -1.67. The van der Waals surface area contributed by atoms with Crippen molar-refractivity contribution in [2.75, 3.05) is 13.6 Å². The maximum atomic E-state index is 11.0. The third-order valence-electron chi connectivity index (χ3n) is 3.63. The molecule has 0 unspecified atom stereocenters. The van der Waals surface area contributed by atoms with E-state index in [1.165, 1.54) is 21.9 Å². The molecule has 1 N–H and O–H groups in total. The Morgan fingerprint density at radius 3 is 2.25 bits per heavy atom. The first-order valence-corrected chi connectivity index (χ1v) is 7.34. The molecule has 2 rings (SSSR count). The van der Waals surface area contributed by atoms with Crippen LogP contribution in [0.2, 0.25) is 0 Å². The fourth-order valence-corrected chi connectivity index (χ4v) is 2.47. The molecule has 0 spiro atoms. The number of nitrogens with one attached hydrogen (secondary N) is 1. The maximum Gasteiger partial charge on any atom is 0.129 e. The van der Waals surface area contributed by atoms with Crippen molar-refractivity contribution in [2.45, 2.75) is 32.6 Å². The molecular formula is C18H23NO. The largest absolute Gasteiger partial charge is 0.319 e. The highest BCUT2D eigenvalue weighted by atomic mass is 16.1. The fourth-order valence-electron chi connectivity index (χ4n) is 2.47. The van der Waals surface area contributed by atoms with Crippen LogP contribution in [-0.4, -0.2) is 19.4 Å². The molecule has 0 saturated heterocycles. The van der Waals surface area contributed by atoms with Crippen LogP contribution in [0.5, 0.6) is 0 Å². The standard InChI is InChI=1S/C18H23NO/c1-14(20)4-3-5-15-6-8-17-9-7-16(10-11-19-2)13-18(17)12-15/h6-9,12-13,19H,3-5,10-11H2,1-2H3. The first kappa shape index (κ1) is 14.7. The molecule has 2 aromatic carbocycles. The molecule has 0 heterocycles. The van der Waals surface area contributed by atoms with Crippen molar-refractivity contribution in [3.8, 4) is 0 Å². The molecular weight excluding hydrogens is 246 g/mol. The van der Waals surface area contributed by atoms with Gasteiger partial charge in [0, 0.05) is 6.42 Å². The number of carbonyl (C=O) groups is 1. The van der Waals surface area contributed by atoms with Gasteiger partial charge in [0.15, 0.2) is 0 Å². The lowest BCUT2D eigenvalue weighted by molar-refractivity contribution is -0.117. The van der Waals surface area contributed by atoms with Crippen molar-refractivity contribution in [3.63, 3.8) is 0 Å². The van der Waals surface area contributed by atoms with Gasteiger partial charge in [-0.1, -0.05) is 36.4 Å². The van der Waals surface area contributed by atoms with Gasteiger partial charge in [-0.2, -0.15) is 0 Å². The Labute approximate surface area is 121 Å². The third kappa shape index (κ3) is 4.17. The third-order valence-corrected chi connectivity index (χ3v) is 3.63. The number of benzene rings is 2. The zero-order valence-corrected chi connectivity index (χ0v) is 12.4. The number of aryl methyl sites for hydroxylation is 1. The summed E-state index contributed by atoms with van der Waals surface area (Å²) in [4.78, 5) is 11.0. The minimum Gasteiger partial charge on any atom is -0.319 e. The van der Waals surface area contributed by atoms with Crippen LogP contribution in [0.4, 0.5) is 0 Å². The Morgan fingerprint density at radius 2 is 1.65 bits per heavy atom. The van der Waals surface area contributed by atoms with E-state index >= 15 is 0 Å². The second-order valence-corrected chi connectivity index (χ2v) is 5.42. The van der Waals surface area contributed by atoms with Gasteiger partial charge in [0.2, 0.25) is 0 Å². The molecule has 0 radical (unpaired) electrons. The number of rotatable bonds is 7. The number of fused-ring (bicyclic) bond motifs is 1. The maximum absolute atomic E-state index is 11.0. The predicted octanol–water partition coefficient (Wildman–Crippen LogP) is 3.51. The van der Waals surface area contributed by atoms with E-state index in [0.29, 0.717) is 6.42 Å². The second-order valence-electron chi connectivity index (χ2n) is 5.42. The molecule has 0 amide bonds. The van der Waals surface area contributed by atoms with E-state index < -0.39 is 0 Å². The minimum atomic E-state index is 0.278. The second kappa shape index (κ2) is 7.20. The Bertz CT molecular complexity index is 589. The van der Waals surface area contributed by atoms with Crippen molar-refractivity contribution in [3.05, 3.63) is 47.5 Å². The van der Waals surface area contributed by atoms with Crippen LogP contribution in [0.25, 0.3) is 10.8 Å². The van der Waals surface area contributed by atoms with Gasteiger partial charge in [0.05, 0.1) is 0 Å². The van der Waals surface area contributed by atoms with E-state index in [0.717, 1.165) is 25.8 Å². The van der Waals surface area contributed by atoms with Gasteiger partial charge in [-0.15, -0.1) is 0 Å². The van der Waals surface area contributed by atoms with E-state index in [4.69, 9.17) is 0 Å². The number of hydrogen-bond donors (Lipinski definition) is 1. The number of Topliss-reactive ketones (excluding diaryl/α,β-unsaturated/α-hetero) is 1. The summed E-state index contributed by atoms with van der Waals surface area (Å²) in [5.74, 6) is 0.278. The van der Waals surface area contributed by atoms with Crippen LogP contribution in [0.1, 0.15) is 30.9 Å². The lowest BCUT2D eigenvalue weighted by Crippen LogP contribution is -2.10. The minimum absolute atomic E-state index is 0.278. The first-order chi connectivity index (χ1) is 9.69. The molecule has 2 nitrogen and oxygen atoms in total. The van der Waals surface area contributed by atoms with Crippen LogP contribution < -0.4 is 5.32 Å². The monoisotopic (exact) mass is 269 g/mol. The molecule has 0 bridgehead atoms. The molecule has 0 saturated carbocycles. The normalized spacial score (nSPS) is 10.9. The summed E-state index contributed by atoms with van der Waals surface area (Å²) >= 11 is 0. The fraction of sp³-hybridized carbons (Fsp3) is 0.389. The summed E-state index contributed by atoms with van der Waals surface area (Å²) in [6.07, 6.45) is 3.66. The van der Waals surface area contributed by atoms with Gasteiger partial charge in [-0.25, -0.2) is 0 Å². The van der Waals surface area contributed by atoms with Gasteiger partial charge in [-0.3, -0.25) is 0 Å². The van der Waals surface area contributed by atoms with Crippen molar-refractivity contribution < 1.29 is 4.79 Å². The highest BCUT2D eigenvalue weighted by Crippen LogP contribution is 2.19. The SMILES string of the molecule is CNCCc1ccc2ccc(CCCC(C)=O)cc2c1. The quantitative estimate of drug-likeness (QED) is 0.833. The van der Waals surface area contributed by atoms with Gasteiger partial charge in [0.25, 0.3) is 0 Å². The van der Waals surface area contributed by atoms with E-state index in [9.17, 15) is 4.79 Å². The highest BCUT2D eigenvalue weighted by molar-refractivity contribution is 5.83. The number of ketones is 1. The van der Waals surface area contributed by atoms with Crippen LogP contribution >= 0.6 is 0 Å². The molecule has 0 atom stereocenters. The summed E-state index contributed by atoms with van der Waals surface area (Å²) in [5.41, 5.74) is 2.69. The first-order valence-electron chi connectivity index (χ1n) is 7.34. The number of hydrogen-bond acceptors (Lipinski definition) is 2. The van der Waals surface area contributed by atoms with Crippen molar-refractivity contribution >= 4 is 16.6 Å². The molecule has 0 aromatic heterocycles. The van der Waals surface area contributed by atoms with Crippen LogP contribution in [0.3, 0.4) is 0 Å². The molecule has 0 aliphatic rings. The predicted molar refractivity (Wildman–Crippen MR) is 85.2 cm³/mol. The van der Waals surface area contributed by atoms with E-state index in [1.54, 1.807) is 6.92 Å². The van der Waals surface area contributed by atoms with Gasteiger partial charge < -0.3 is 10.1 Å². The van der Waals surface area contributed by atoms with Crippen LogP contribution in [0.15, 0.2) is 36.4 Å².